The topological polar surface area (TPSA) is 38.0 Å². The highest BCUT2D eigenvalue weighted by molar-refractivity contribution is 5.85. The Balaban J connectivity index is 0.000000750. The molecule has 0 aromatic carbocycles. The Bertz CT molecular complexity index is 182. The Morgan fingerprint density at radius 3 is 1.79 bits per heavy atom. The minimum atomic E-state index is 0. The van der Waals surface area contributed by atoms with E-state index in [2.05, 4.69) is 5.43 Å². The zero-order valence-electron chi connectivity index (χ0n) is 8.67. The molecular formula is C11H21ClN2. The highest BCUT2D eigenvalue weighted by Crippen LogP contribution is 2.59. The van der Waals surface area contributed by atoms with Crippen molar-refractivity contribution in [3.63, 3.8) is 0 Å². The van der Waals surface area contributed by atoms with Gasteiger partial charge in [0, 0.05) is 6.54 Å². The van der Waals surface area contributed by atoms with Gasteiger partial charge in [0.25, 0.3) is 0 Å². The molecule has 4 aliphatic rings. The van der Waals surface area contributed by atoms with Crippen LogP contribution in [0.4, 0.5) is 0 Å². The van der Waals surface area contributed by atoms with Gasteiger partial charge in [0.2, 0.25) is 0 Å². The van der Waals surface area contributed by atoms with Crippen LogP contribution < -0.4 is 11.3 Å². The van der Waals surface area contributed by atoms with Crippen molar-refractivity contribution in [2.45, 2.75) is 38.5 Å². The minimum absolute atomic E-state index is 0. The third-order valence-corrected chi connectivity index (χ3v) is 4.64. The smallest absolute Gasteiger partial charge is 0.0154 e. The molecular weight excluding hydrogens is 196 g/mol. The molecule has 3 heteroatoms. The van der Waals surface area contributed by atoms with E-state index >= 15 is 0 Å². The summed E-state index contributed by atoms with van der Waals surface area (Å²) in [4.78, 5) is 0. The summed E-state index contributed by atoms with van der Waals surface area (Å²) in [7, 11) is 0. The number of rotatable bonds is 2. The molecule has 0 amide bonds. The molecule has 82 valence electrons. The SMILES string of the molecule is Cl.NNCC12CC3CC(CC(C3)C1)C2. The van der Waals surface area contributed by atoms with Crippen LogP contribution in [0, 0.1) is 23.2 Å². The lowest BCUT2D eigenvalue weighted by Gasteiger charge is -2.56. The fourth-order valence-corrected chi connectivity index (χ4v) is 4.72. The zero-order valence-corrected chi connectivity index (χ0v) is 9.48. The quantitative estimate of drug-likeness (QED) is 0.548. The second-order valence-electron chi connectivity index (χ2n) is 5.80. The molecule has 0 atom stereocenters. The molecule has 0 saturated heterocycles. The Morgan fingerprint density at radius 1 is 1.00 bits per heavy atom. The molecule has 0 aromatic heterocycles. The number of nitrogens with two attached hydrogens (primary N) is 1. The van der Waals surface area contributed by atoms with Gasteiger partial charge in [0.15, 0.2) is 0 Å². The molecule has 4 rings (SSSR count). The summed E-state index contributed by atoms with van der Waals surface area (Å²) >= 11 is 0. The first-order valence-electron chi connectivity index (χ1n) is 5.73. The molecule has 4 saturated carbocycles. The summed E-state index contributed by atoms with van der Waals surface area (Å²) < 4.78 is 0. The van der Waals surface area contributed by atoms with Crippen LogP contribution >= 0.6 is 12.4 Å². The predicted octanol–water partition coefficient (Wildman–Crippen LogP) is 2.09. The molecule has 0 aromatic rings. The van der Waals surface area contributed by atoms with E-state index in [0.29, 0.717) is 5.41 Å². The molecule has 4 fully saturated rings. The van der Waals surface area contributed by atoms with Crippen LogP contribution in [-0.2, 0) is 0 Å². The van der Waals surface area contributed by atoms with E-state index in [-0.39, 0.29) is 12.4 Å². The maximum absolute atomic E-state index is 5.50. The molecule has 14 heavy (non-hydrogen) atoms. The van der Waals surface area contributed by atoms with Gasteiger partial charge in [-0.3, -0.25) is 11.3 Å². The zero-order chi connectivity index (χ0) is 8.89. The van der Waals surface area contributed by atoms with Crippen molar-refractivity contribution < 1.29 is 0 Å². The first-order valence-corrected chi connectivity index (χ1v) is 5.73. The largest absolute Gasteiger partial charge is 0.271 e. The van der Waals surface area contributed by atoms with Crippen LogP contribution in [0.15, 0.2) is 0 Å². The molecule has 3 N–H and O–H groups in total. The van der Waals surface area contributed by atoms with Crippen molar-refractivity contribution in [2.24, 2.45) is 29.0 Å². The van der Waals surface area contributed by atoms with E-state index < -0.39 is 0 Å². The Morgan fingerprint density at radius 2 is 1.43 bits per heavy atom. The first kappa shape index (κ1) is 10.7. The van der Waals surface area contributed by atoms with E-state index in [0.717, 1.165) is 24.3 Å². The third-order valence-electron chi connectivity index (χ3n) is 4.64. The lowest BCUT2D eigenvalue weighted by molar-refractivity contribution is -0.0512. The molecule has 0 radical (unpaired) electrons. The van der Waals surface area contributed by atoms with Crippen LogP contribution in [0.2, 0.25) is 0 Å². The normalized spacial score (nSPS) is 49.1. The van der Waals surface area contributed by atoms with Gasteiger partial charge >= 0.3 is 0 Å². The lowest BCUT2D eigenvalue weighted by Crippen LogP contribution is -2.51. The molecule has 4 aliphatic carbocycles. The van der Waals surface area contributed by atoms with Gasteiger partial charge in [0.05, 0.1) is 0 Å². The van der Waals surface area contributed by atoms with Gasteiger partial charge in [0.1, 0.15) is 0 Å². The monoisotopic (exact) mass is 216 g/mol. The Hall–Kier alpha value is 0.210. The van der Waals surface area contributed by atoms with Crippen molar-refractivity contribution in [1.82, 2.24) is 5.43 Å². The molecule has 0 spiro atoms. The van der Waals surface area contributed by atoms with E-state index in [1.54, 1.807) is 0 Å². The average molecular weight is 217 g/mol. The predicted molar refractivity (Wildman–Crippen MR) is 60.0 cm³/mol. The highest BCUT2D eigenvalue weighted by atomic mass is 35.5. The molecule has 0 aliphatic heterocycles. The van der Waals surface area contributed by atoms with Crippen molar-refractivity contribution in [2.75, 3.05) is 6.54 Å². The first-order chi connectivity index (χ1) is 6.30. The maximum Gasteiger partial charge on any atom is 0.0154 e. The van der Waals surface area contributed by atoms with Crippen LogP contribution in [-0.4, -0.2) is 6.54 Å². The van der Waals surface area contributed by atoms with Gasteiger partial charge in [-0.05, 0) is 61.7 Å². The Kier molecular flexibility index (Phi) is 2.80. The highest BCUT2D eigenvalue weighted by Gasteiger charge is 2.50. The van der Waals surface area contributed by atoms with Gasteiger partial charge < -0.3 is 0 Å². The van der Waals surface area contributed by atoms with Crippen molar-refractivity contribution in [1.29, 1.82) is 0 Å². The van der Waals surface area contributed by atoms with Crippen molar-refractivity contribution in [3.05, 3.63) is 0 Å². The number of nitrogens with one attached hydrogen (secondary N) is 1. The second kappa shape index (κ2) is 3.66. The summed E-state index contributed by atoms with van der Waals surface area (Å²) in [5, 5.41) is 0. The Labute approximate surface area is 92.4 Å². The standard InChI is InChI=1S/C11H20N2.ClH/c12-13-7-11-4-8-1-9(5-11)3-10(2-8)6-11;/h8-10,13H,1-7,12H2;1H. The summed E-state index contributed by atoms with van der Waals surface area (Å²) in [5.41, 5.74) is 3.54. The molecule has 4 bridgehead atoms. The summed E-state index contributed by atoms with van der Waals surface area (Å²) in [6.45, 7) is 1.07. The molecule has 0 heterocycles. The maximum atomic E-state index is 5.50. The van der Waals surface area contributed by atoms with Crippen LogP contribution in [0.1, 0.15) is 38.5 Å². The van der Waals surface area contributed by atoms with Crippen molar-refractivity contribution >= 4 is 12.4 Å². The van der Waals surface area contributed by atoms with Crippen LogP contribution in [0.5, 0.6) is 0 Å². The number of hydrazine groups is 1. The number of hydrogen-bond acceptors (Lipinski definition) is 2. The summed E-state index contributed by atoms with van der Waals surface area (Å²) in [6.07, 6.45) is 8.98. The average Bonchev–Trinajstić information content (AvgIpc) is 2.00. The molecule has 0 unspecified atom stereocenters. The van der Waals surface area contributed by atoms with Gasteiger partial charge in [-0.15, -0.1) is 12.4 Å². The summed E-state index contributed by atoms with van der Waals surface area (Å²) in [5.74, 6) is 8.67. The van der Waals surface area contributed by atoms with E-state index in [1.165, 1.54) is 38.5 Å². The number of halogens is 1. The van der Waals surface area contributed by atoms with Gasteiger partial charge in [-0.1, -0.05) is 0 Å². The summed E-state index contributed by atoms with van der Waals surface area (Å²) in [6, 6.07) is 0. The van der Waals surface area contributed by atoms with Gasteiger partial charge in [-0.2, -0.15) is 0 Å². The second-order valence-corrected chi connectivity index (χ2v) is 5.80. The van der Waals surface area contributed by atoms with Crippen molar-refractivity contribution in [3.8, 4) is 0 Å². The van der Waals surface area contributed by atoms with Crippen LogP contribution in [0.25, 0.3) is 0 Å². The third kappa shape index (κ3) is 1.58. The van der Waals surface area contributed by atoms with E-state index in [4.69, 9.17) is 5.84 Å². The van der Waals surface area contributed by atoms with E-state index in [9.17, 15) is 0 Å². The van der Waals surface area contributed by atoms with Crippen LogP contribution in [0.3, 0.4) is 0 Å². The fraction of sp³-hybridized carbons (Fsp3) is 1.00. The molecule has 2 nitrogen and oxygen atoms in total. The fourth-order valence-electron chi connectivity index (χ4n) is 4.72. The van der Waals surface area contributed by atoms with Gasteiger partial charge in [-0.25, -0.2) is 0 Å². The minimum Gasteiger partial charge on any atom is -0.271 e. The lowest BCUT2D eigenvalue weighted by atomic mass is 9.49. The number of hydrogen-bond donors (Lipinski definition) is 2. The van der Waals surface area contributed by atoms with E-state index in [1.807, 2.05) is 0 Å².